The molecule has 0 bridgehead atoms. The van der Waals surface area contributed by atoms with Crippen LogP contribution in [0.4, 0.5) is 0 Å². The van der Waals surface area contributed by atoms with Gasteiger partial charge < -0.3 is 70.3 Å². The van der Waals surface area contributed by atoms with Gasteiger partial charge in [0.1, 0.15) is 66.5 Å². The lowest BCUT2D eigenvalue weighted by atomic mass is 9.93. The fraction of sp³-hybridized carbons (Fsp3) is 0.817. The minimum atomic E-state index is -1.59. The van der Waals surface area contributed by atoms with Gasteiger partial charge in [-0.15, -0.1) is 0 Å². The van der Waals surface area contributed by atoms with E-state index in [0.29, 0.717) is 25.8 Å². The molecule has 0 aromatic rings. The highest BCUT2D eigenvalue weighted by Crippen LogP contribution is 2.26. The summed E-state index contributed by atoms with van der Waals surface area (Å²) in [5, 5.41) is 22.6. The number of ether oxygens (including phenoxy) is 1. The van der Waals surface area contributed by atoms with Crippen LogP contribution in [0.1, 0.15) is 189 Å². The van der Waals surface area contributed by atoms with E-state index in [1.807, 2.05) is 81.4 Å². The van der Waals surface area contributed by atoms with E-state index in [2.05, 4.69) is 26.2 Å². The number of aliphatic hydroxyl groups is 1. The first-order valence-electron chi connectivity index (χ1n) is 35.2. The highest BCUT2D eigenvalue weighted by Gasteiger charge is 2.45. The highest BCUT2D eigenvalue weighted by atomic mass is 16.5. The van der Waals surface area contributed by atoms with E-state index in [0.717, 1.165) is 18.0 Å². The van der Waals surface area contributed by atoms with Crippen molar-refractivity contribution in [1.82, 2.24) is 60.5 Å². The van der Waals surface area contributed by atoms with Crippen LogP contribution in [-0.4, -0.2) is 264 Å². The summed E-state index contributed by atoms with van der Waals surface area (Å²) in [6, 6.07) is -13.8. The van der Waals surface area contributed by atoms with Gasteiger partial charge in [0.25, 0.3) is 0 Å². The zero-order chi connectivity index (χ0) is 74.1. The van der Waals surface area contributed by atoms with Gasteiger partial charge in [0.2, 0.25) is 65.0 Å². The molecule has 0 aliphatic carbocycles. The van der Waals surface area contributed by atoms with Crippen molar-refractivity contribution in [1.29, 1.82) is 0 Å². The van der Waals surface area contributed by atoms with Crippen LogP contribution in [-0.2, 0) is 57.5 Å². The van der Waals surface area contributed by atoms with Crippen LogP contribution >= 0.6 is 0 Å². The van der Waals surface area contributed by atoms with Crippen molar-refractivity contribution in [2.45, 2.75) is 261 Å². The maximum Gasteiger partial charge on any atom is 0.248 e. The van der Waals surface area contributed by atoms with E-state index in [-0.39, 0.29) is 75.4 Å². The summed E-state index contributed by atoms with van der Waals surface area (Å²) >= 11 is 0. The molecule has 96 heavy (non-hydrogen) atoms. The molecule has 1 heterocycles. The summed E-state index contributed by atoms with van der Waals surface area (Å²) in [4.78, 5) is 175. The number of carbonyl (C=O) groups excluding carboxylic acids is 11. The van der Waals surface area contributed by atoms with Crippen molar-refractivity contribution in [2.75, 3.05) is 82.2 Å². The number of rotatable bonds is 24. The average molecular weight is 1360 g/mol. The van der Waals surface area contributed by atoms with Crippen molar-refractivity contribution in [2.24, 2.45) is 35.5 Å². The predicted molar refractivity (Wildman–Crippen MR) is 375 cm³/mol. The molecule has 25 nitrogen and oxygen atoms in total. The molecular weight excluding hydrogens is 1230 g/mol. The quantitative estimate of drug-likeness (QED) is 0.0634. The van der Waals surface area contributed by atoms with Gasteiger partial charge in [-0.3, -0.25) is 52.7 Å². The fourth-order valence-electron chi connectivity index (χ4n) is 12.2. The third kappa shape index (κ3) is 26.6. The van der Waals surface area contributed by atoms with E-state index < -0.39 is 149 Å². The number of nitrogens with one attached hydrogen (secondary N) is 4. The SMILES string of the molecule is C/C=C/C[C@@H](C)C[C@H]1C(=O)N[C@@H](CC)C(=O)N(C)[C@H](COCCCN(CC)CC)C(=O)N(C)[C@@H](CC(C)(C)O)C(=O)N[C@H](C(C)C)C(=O)N(C)[C@H](CCC(C)C)C(=O)N[C@H](C)C(=O)N[C@@H](C)C(=O)N(C)[C@@H](CC(C)C)C(=O)N(C)[C@@H](CC(C)C)C(=O)N(C)[C@@H](C(C)C)C(=O)N1C. The Balaban J connectivity index is 4.55. The first-order chi connectivity index (χ1) is 44.5. The number of carbonyl (C=O) groups is 11. The zero-order valence-electron chi connectivity index (χ0n) is 63.8. The Bertz CT molecular complexity index is 2570. The second kappa shape index (κ2) is 41.3. The average Bonchev–Trinajstić information content (AvgIpc) is 0.813. The largest absolute Gasteiger partial charge is 0.390 e. The van der Waals surface area contributed by atoms with Gasteiger partial charge in [0.05, 0.1) is 12.2 Å². The monoisotopic (exact) mass is 1360 g/mol. The van der Waals surface area contributed by atoms with Gasteiger partial charge >= 0.3 is 0 Å². The first-order valence-corrected chi connectivity index (χ1v) is 35.2. The third-order valence-corrected chi connectivity index (χ3v) is 18.5. The van der Waals surface area contributed by atoms with Crippen molar-refractivity contribution in [3.8, 4) is 0 Å². The van der Waals surface area contributed by atoms with Crippen molar-refractivity contribution >= 4 is 65.0 Å². The molecule has 1 aliphatic rings. The first kappa shape index (κ1) is 87.8. The van der Waals surface area contributed by atoms with Gasteiger partial charge in [0, 0.05) is 68.9 Å². The number of nitrogens with zero attached hydrogens (tertiary/aromatic N) is 8. The van der Waals surface area contributed by atoms with Gasteiger partial charge in [0.15, 0.2) is 0 Å². The molecule has 0 aromatic carbocycles. The fourth-order valence-corrected chi connectivity index (χ4v) is 12.2. The molecule has 0 saturated carbocycles. The van der Waals surface area contributed by atoms with E-state index in [1.165, 1.54) is 106 Å². The molecule has 1 aliphatic heterocycles. The molecule has 0 aromatic heterocycles. The Morgan fingerprint density at radius 3 is 1.45 bits per heavy atom. The number of hydrogen-bond acceptors (Lipinski definition) is 14. The lowest BCUT2D eigenvalue weighted by Crippen LogP contribution is -2.62. The maximum atomic E-state index is 15.4. The molecule has 1 saturated heterocycles. The summed E-state index contributed by atoms with van der Waals surface area (Å²) in [6.45, 7) is 36.0. The number of likely N-dealkylation sites (N-methyl/N-ethyl adjacent to an activating group) is 7. The van der Waals surface area contributed by atoms with Crippen molar-refractivity contribution < 1.29 is 62.6 Å². The van der Waals surface area contributed by atoms with Crippen LogP contribution in [0.15, 0.2) is 12.2 Å². The zero-order valence-corrected chi connectivity index (χ0v) is 63.8. The molecule has 552 valence electrons. The second-order valence-corrected chi connectivity index (χ2v) is 29.4. The highest BCUT2D eigenvalue weighted by molar-refractivity contribution is 6.00. The summed E-state index contributed by atoms with van der Waals surface area (Å²) in [6.07, 6.45) is 5.72. The van der Waals surface area contributed by atoms with Gasteiger partial charge in [-0.2, -0.15) is 0 Å². The smallest absolute Gasteiger partial charge is 0.248 e. The number of amides is 11. The Kier molecular flexibility index (Phi) is 37.7. The molecule has 0 unspecified atom stereocenters. The molecule has 5 N–H and O–H groups in total. The van der Waals surface area contributed by atoms with E-state index in [9.17, 15) is 24.3 Å². The minimum absolute atomic E-state index is 0.0298. The summed E-state index contributed by atoms with van der Waals surface area (Å²) < 4.78 is 6.22. The van der Waals surface area contributed by atoms with Crippen LogP contribution in [0.3, 0.4) is 0 Å². The summed E-state index contributed by atoms with van der Waals surface area (Å²) in [5.41, 5.74) is -1.59. The van der Waals surface area contributed by atoms with Crippen LogP contribution in [0.2, 0.25) is 0 Å². The van der Waals surface area contributed by atoms with E-state index in [4.69, 9.17) is 4.74 Å². The van der Waals surface area contributed by atoms with E-state index in [1.54, 1.807) is 34.6 Å². The number of hydrogen-bond donors (Lipinski definition) is 5. The topological polar surface area (TPSA) is 291 Å². The maximum absolute atomic E-state index is 15.4. The third-order valence-electron chi connectivity index (χ3n) is 18.5. The standard InChI is InChI=1S/C71H130N12O13/c1-27-31-33-48(15)40-53-62(86)74-51(28-2)65(89)81(25)57(42-96-37-32-36-83(29-3)30-4)68(92)80(24)56(41-71(18,19)95)63(87)75-58(46(11)12)69(93)76(20)52(35-34-43(5)6)61(85)72-49(16)60(84)73-50(17)64(88)78(22)54(38-44(7)8)66(90)79(23)55(39-45(9)10)67(91)82(26)59(47(13)14)70(94)77(53)21/h27,31,43-59,95H,28-30,32-42H2,1-26H3,(H,72,85)(H,73,84)(H,74,86)(H,75,87)/b31-27+/t48-,49-,50+,51+,52-,53+,54+,55+,56+,57-,58-,59+/m1/s1. The molecule has 1 rings (SSSR count). The van der Waals surface area contributed by atoms with Crippen LogP contribution in [0.25, 0.3) is 0 Å². The Morgan fingerprint density at radius 1 is 0.510 bits per heavy atom. The Hall–Kier alpha value is -6.21. The van der Waals surface area contributed by atoms with Crippen LogP contribution in [0.5, 0.6) is 0 Å². The Labute approximate surface area is 577 Å². The molecule has 1 fully saturated rings. The molecule has 25 heteroatoms. The molecular formula is C71H130N12O13. The lowest BCUT2D eigenvalue weighted by Gasteiger charge is -2.41. The van der Waals surface area contributed by atoms with Gasteiger partial charge in [-0.25, -0.2) is 0 Å². The number of allylic oxidation sites excluding steroid dienone is 2. The predicted octanol–water partition coefficient (Wildman–Crippen LogP) is 4.92. The van der Waals surface area contributed by atoms with Crippen molar-refractivity contribution in [3.05, 3.63) is 12.2 Å². The molecule has 0 spiro atoms. The molecule has 12 atom stereocenters. The van der Waals surface area contributed by atoms with E-state index >= 15 is 33.6 Å². The minimum Gasteiger partial charge on any atom is -0.390 e. The second-order valence-electron chi connectivity index (χ2n) is 29.4. The lowest BCUT2D eigenvalue weighted by molar-refractivity contribution is -0.156. The molecule has 11 amide bonds. The Morgan fingerprint density at radius 2 is 0.969 bits per heavy atom. The molecule has 0 radical (unpaired) electrons. The summed E-state index contributed by atoms with van der Waals surface area (Å²) in [5.74, 6) is -8.94. The summed E-state index contributed by atoms with van der Waals surface area (Å²) in [7, 11) is 10.1. The van der Waals surface area contributed by atoms with Gasteiger partial charge in [-0.1, -0.05) is 109 Å². The van der Waals surface area contributed by atoms with Gasteiger partial charge in [-0.05, 0) is 135 Å². The van der Waals surface area contributed by atoms with Crippen LogP contribution < -0.4 is 21.3 Å². The van der Waals surface area contributed by atoms with Crippen LogP contribution in [0, 0.1) is 35.5 Å². The van der Waals surface area contributed by atoms with Crippen molar-refractivity contribution in [3.63, 3.8) is 0 Å². The normalized spacial score (nSPS) is 25.8.